The van der Waals surface area contributed by atoms with E-state index in [1.807, 2.05) is 37.3 Å². The lowest BCUT2D eigenvalue weighted by molar-refractivity contribution is -0.384. The molecule has 0 unspecified atom stereocenters. The quantitative estimate of drug-likeness (QED) is 0.592. The fourth-order valence-electron chi connectivity index (χ4n) is 2.62. The number of aryl methyl sites for hydroxylation is 1. The van der Waals surface area contributed by atoms with E-state index in [-0.39, 0.29) is 10.6 Å². The van der Waals surface area contributed by atoms with Crippen LogP contribution >= 0.6 is 0 Å². The molecule has 6 heteroatoms. The van der Waals surface area contributed by atoms with Gasteiger partial charge >= 0.3 is 0 Å². The van der Waals surface area contributed by atoms with Crippen molar-refractivity contribution in [3.63, 3.8) is 0 Å². The van der Waals surface area contributed by atoms with E-state index in [9.17, 15) is 10.1 Å². The number of hydrogen-bond acceptors (Lipinski definition) is 4. The molecule has 1 aromatic heterocycles. The number of nitro benzene ring substituents is 1. The van der Waals surface area contributed by atoms with E-state index in [0.717, 1.165) is 22.4 Å². The van der Waals surface area contributed by atoms with Crippen LogP contribution in [0.25, 0.3) is 11.0 Å². The molecule has 0 saturated heterocycles. The van der Waals surface area contributed by atoms with Crippen molar-refractivity contribution in [3.05, 3.63) is 64.0 Å². The summed E-state index contributed by atoms with van der Waals surface area (Å²) in [7, 11) is 1.68. The number of anilines is 1. The molecule has 112 valence electrons. The third-order valence-corrected chi connectivity index (χ3v) is 3.71. The third kappa shape index (κ3) is 2.39. The number of hydrogen-bond donors (Lipinski definition) is 1. The monoisotopic (exact) mass is 296 g/mol. The van der Waals surface area contributed by atoms with Gasteiger partial charge in [0.1, 0.15) is 11.5 Å². The molecule has 0 saturated carbocycles. The van der Waals surface area contributed by atoms with Crippen LogP contribution in [0.15, 0.2) is 42.5 Å². The first kappa shape index (κ1) is 14.1. The second-order valence-electron chi connectivity index (χ2n) is 5.09. The van der Waals surface area contributed by atoms with Crippen LogP contribution in [-0.4, -0.2) is 21.5 Å². The zero-order chi connectivity index (χ0) is 15.7. The molecule has 2 aromatic carbocycles. The van der Waals surface area contributed by atoms with Gasteiger partial charge < -0.3 is 9.88 Å². The minimum absolute atomic E-state index is 0.0853. The van der Waals surface area contributed by atoms with E-state index in [1.165, 1.54) is 0 Å². The molecule has 3 aromatic rings. The smallest absolute Gasteiger partial charge is 0.292 e. The van der Waals surface area contributed by atoms with Crippen molar-refractivity contribution in [2.45, 2.75) is 13.5 Å². The Hall–Kier alpha value is -2.89. The highest BCUT2D eigenvalue weighted by atomic mass is 16.6. The summed E-state index contributed by atoms with van der Waals surface area (Å²) >= 11 is 0. The van der Waals surface area contributed by atoms with Crippen molar-refractivity contribution in [3.8, 4) is 0 Å². The number of rotatable bonds is 4. The SMILES string of the molecule is CNc1ccc(Cn2c(C)nc3ccccc32)cc1[N+](=O)[O-]. The fourth-order valence-corrected chi connectivity index (χ4v) is 2.62. The molecule has 0 aliphatic heterocycles. The minimum atomic E-state index is -0.367. The Labute approximate surface area is 127 Å². The highest BCUT2D eigenvalue weighted by Gasteiger charge is 2.14. The van der Waals surface area contributed by atoms with Gasteiger partial charge in [0.05, 0.1) is 16.0 Å². The van der Waals surface area contributed by atoms with Crippen molar-refractivity contribution >= 4 is 22.4 Å². The Morgan fingerprint density at radius 3 is 2.77 bits per heavy atom. The first-order valence-corrected chi connectivity index (χ1v) is 6.97. The molecular weight excluding hydrogens is 280 g/mol. The van der Waals surface area contributed by atoms with Crippen molar-refractivity contribution in [2.75, 3.05) is 12.4 Å². The molecule has 1 N–H and O–H groups in total. The van der Waals surface area contributed by atoms with Gasteiger partial charge in [-0.05, 0) is 30.7 Å². The number of para-hydroxylation sites is 2. The molecule has 0 bridgehead atoms. The van der Waals surface area contributed by atoms with E-state index in [1.54, 1.807) is 19.2 Å². The highest BCUT2D eigenvalue weighted by molar-refractivity contribution is 5.76. The van der Waals surface area contributed by atoms with Gasteiger partial charge in [-0.1, -0.05) is 18.2 Å². The number of fused-ring (bicyclic) bond motifs is 1. The average molecular weight is 296 g/mol. The summed E-state index contributed by atoms with van der Waals surface area (Å²) in [5.74, 6) is 0.890. The first-order chi connectivity index (χ1) is 10.6. The third-order valence-electron chi connectivity index (χ3n) is 3.71. The molecule has 22 heavy (non-hydrogen) atoms. The largest absolute Gasteiger partial charge is 0.383 e. The zero-order valence-corrected chi connectivity index (χ0v) is 12.4. The Balaban J connectivity index is 2.03. The van der Waals surface area contributed by atoms with Crippen molar-refractivity contribution < 1.29 is 4.92 Å². The summed E-state index contributed by atoms with van der Waals surface area (Å²) in [6.07, 6.45) is 0. The molecular formula is C16H16N4O2. The molecule has 0 aliphatic carbocycles. The molecule has 1 heterocycles. The summed E-state index contributed by atoms with van der Waals surface area (Å²) < 4.78 is 2.06. The average Bonchev–Trinajstić information content (AvgIpc) is 2.83. The Morgan fingerprint density at radius 1 is 1.27 bits per heavy atom. The number of nitrogens with one attached hydrogen (secondary N) is 1. The summed E-state index contributed by atoms with van der Waals surface area (Å²) in [5, 5.41) is 14.0. The van der Waals surface area contributed by atoms with Crippen LogP contribution in [0.1, 0.15) is 11.4 Å². The van der Waals surface area contributed by atoms with Gasteiger partial charge in [-0.3, -0.25) is 10.1 Å². The van der Waals surface area contributed by atoms with Gasteiger partial charge in [0.25, 0.3) is 5.69 Å². The van der Waals surface area contributed by atoms with Gasteiger partial charge in [-0.25, -0.2) is 4.98 Å². The highest BCUT2D eigenvalue weighted by Crippen LogP contribution is 2.26. The van der Waals surface area contributed by atoms with Crippen molar-refractivity contribution in [2.24, 2.45) is 0 Å². The van der Waals surface area contributed by atoms with Gasteiger partial charge in [-0.2, -0.15) is 0 Å². The second-order valence-corrected chi connectivity index (χ2v) is 5.09. The zero-order valence-electron chi connectivity index (χ0n) is 12.4. The lowest BCUT2D eigenvalue weighted by Crippen LogP contribution is -2.04. The lowest BCUT2D eigenvalue weighted by Gasteiger charge is -2.09. The number of nitrogens with zero attached hydrogens (tertiary/aromatic N) is 3. The van der Waals surface area contributed by atoms with Gasteiger partial charge in [-0.15, -0.1) is 0 Å². The van der Waals surface area contributed by atoms with Gasteiger partial charge in [0.15, 0.2) is 0 Å². The number of benzene rings is 2. The molecule has 6 nitrogen and oxygen atoms in total. The standard InChI is InChI=1S/C16H16N4O2/c1-11-18-14-5-3-4-6-15(14)19(11)10-12-7-8-13(17-2)16(9-12)20(21)22/h3-9,17H,10H2,1-2H3. The van der Waals surface area contributed by atoms with E-state index in [4.69, 9.17) is 0 Å². The van der Waals surface area contributed by atoms with E-state index >= 15 is 0 Å². The van der Waals surface area contributed by atoms with Crippen LogP contribution < -0.4 is 5.32 Å². The molecule has 0 atom stereocenters. The summed E-state index contributed by atoms with van der Waals surface area (Å²) in [6.45, 7) is 2.49. The van der Waals surface area contributed by atoms with Gasteiger partial charge in [0.2, 0.25) is 0 Å². The van der Waals surface area contributed by atoms with Crippen LogP contribution in [0.2, 0.25) is 0 Å². The van der Waals surface area contributed by atoms with E-state index < -0.39 is 0 Å². The molecule has 0 fully saturated rings. The fraction of sp³-hybridized carbons (Fsp3) is 0.188. The van der Waals surface area contributed by atoms with Crippen molar-refractivity contribution in [1.82, 2.24) is 9.55 Å². The topological polar surface area (TPSA) is 73.0 Å². The number of aromatic nitrogens is 2. The predicted octanol–water partition coefficient (Wildman–Crippen LogP) is 3.34. The van der Waals surface area contributed by atoms with E-state index in [2.05, 4.69) is 14.9 Å². The Morgan fingerprint density at radius 2 is 2.05 bits per heavy atom. The van der Waals surface area contributed by atoms with Crippen LogP contribution in [0, 0.1) is 17.0 Å². The molecule has 0 aliphatic rings. The summed E-state index contributed by atoms with van der Waals surface area (Å²) in [4.78, 5) is 15.3. The molecule has 3 rings (SSSR count). The van der Waals surface area contributed by atoms with Crippen LogP contribution in [-0.2, 0) is 6.54 Å². The maximum Gasteiger partial charge on any atom is 0.292 e. The normalized spacial score (nSPS) is 10.8. The number of imidazole rings is 1. The Bertz CT molecular complexity index is 854. The second kappa shape index (κ2) is 5.48. The molecule has 0 amide bonds. The summed E-state index contributed by atoms with van der Waals surface area (Å²) in [6, 6.07) is 13.1. The summed E-state index contributed by atoms with van der Waals surface area (Å²) in [5.41, 5.74) is 3.43. The minimum Gasteiger partial charge on any atom is -0.383 e. The number of nitro groups is 1. The maximum absolute atomic E-state index is 11.2. The molecule has 0 radical (unpaired) electrons. The van der Waals surface area contributed by atoms with E-state index in [0.29, 0.717) is 12.2 Å². The van der Waals surface area contributed by atoms with Crippen LogP contribution in [0.3, 0.4) is 0 Å². The predicted molar refractivity (Wildman–Crippen MR) is 86.2 cm³/mol. The lowest BCUT2D eigenvalue weighted by atomic mass is 10.1. The van der Waals surface area contributed by atoms with Gasteiger partial charge in [0, 0.05) is 19.7 Å². The molecule has 0 spiro atoms. The Kier molecular flexibility index (Phi) is 3.50. The maximum atomic E-state index is 11.2. The first-order valence-electron chi connectivity index (χ1n) is 6.97. The van der Waals surface area contributed by atoms with Crippen LogP contribution in [0.4, 0.5) is 11.4 Å². The van der Waals surface area contributed by atoms with Crippen molar-refractivity contribution in [1.29, 1.82) is 0 Å². The van der Waals surface area contributed by atoms with Crippen LogP contribution in [0.5, 0.6) is 0 Å².